The number of guanidine groups is 2. The maximum atomic E-state index is 7.23. The SMILES string of the molecule is N=C(N)NCCCc1cccc(-c2cncc(-c3cccc(CCCNC(=N)N)c3)c2)c1. The van der Waals surface area contributed by atoms with Crippen LogP contribution in [-0.2, 0) is 12.8 Å². The summed E-state index contributed by atoms with van der Waals surface area (Å²) in [5, 5.41) is 20.2. The number of nitrogens with one attached hydrogen (secondary N) is 4. The Kier molecular flexibility index (Phi) is 8.20. The lowest BCUT2D eigenvalue weighted by molar-refractivity contribution is 0.767. The van der Waals surface area contributed by atoms with Gasteiger partial charge in [-0.2, -0.15) is 0 Å². The number of hydrogen-bond acceptors (Lipinski definition) is 3. The summed E-state index contributed by atoms with van der Waals surface area (Å²) in [7, 11) is 0. The monoisotopic (exact) mass is 429 g/mol. The fourth-order valence-electron chi connectivity index (χ4n) is 3.60. The third-order valence-electron chi connectivity index (χ3n) is 5.17. The first-order chi connectivity index (χ1) is 15.5. The molecule has 3 rings (SSSR count). The average Bonchev–Trinajstić information content (AvgIpc) is 2.80. The Morgan fingerprint density at radius 3 is 1.59 bits per heavy atom. The van der Waals surface area contributed by atoms with Crippen LogP contribution in [0, 0.1) is 10.8 Å². The van der Waals surface area contributed by atoms with Gasteiger partial charge in [-0.1, -0.05) is 48.5 Å². The van der Waals surface area contributed by atoms with Gasteiger partial charge in [-0.15, -0.1) is 0 Å². The van der Waals surface area contributed by atoms with Crippen LogP contribution < -0.4 is 22.1 Å². The Balaban J connectivity index is 1.69. The van der Waals surface area contributed by atoms with Crippen molar-refractivity contribution in [2.75, 3.05) is 13.1 Å². The number of pyridine rings is 1. The minimum Gasteiger partial charge on any atom is -0.370 e. The summed E-state index contributed by atoms with van der Waals surface area (Å²) in [5.74, 6) is 0.0249. The van der Waals surface area contributed by atoms with E-state index in [0.717, 1.165) is 47.9 Å². The van der Waals surface area contributed by atoms with Crippen molar-refractivity contribution in [1.29, 1.82) is 10.8 Å². The molecule has 0 atom stereocenters. The van der Waals surface area contributed by atoms with Gasteiger partial charge in [-0.05, 0) is 54.0 Å². The molecule has 0 bridgehead atoms. The van der Waals surface area contributed by atoms with E-state index in [1.807, 2.05) is 12.4 Å². The summed E-state index contributed by atoms with van der Waals surface area (Å²) in [6.07, 6.45) is 7.46. The van der Waals surface area contributed by atoms with Crippen LogP contribution in [0.3, 0.4) is 0 Å². The van der Waals surface area contributed by atoms with Crippen LogP contribution in [0.5, 0.6) is 0 Å². The maximum Gasteiger partial charge on any atom is 0.185 e. The second kappa shape index (κ2) is 11.5. The largest absolute Gasteiger partial charge is 0.370 e. The number of hydrogen-bond donors (Lipinski definition) is 6. The van der Waals surface area contributed by atoms with Crippen molar-refractivity contribution >= 4 is 11.9 Å². The van der Waals surface area contributed by atoms with Crippen molar-refractivity contribution < 1.29 is 0 Å². The Labute approximate surface area is 189 Å². The fourth-order valence-corrected chi connectivity index (χ4v) is 3.60. The zero-order valence-corrected chi connectivity index (χ0v) is 18.2. The van der Waals surface area contributed by atoms with Crippen LogP contribution in [-0.4, -0.2) is 30.0 Å². The molecule has 166 valence electrons. The molecule has 0 aliphatic carbocycles. The molecular formula is C25H31N7. The first kappa shape index (κ1) is 22.8. The highest BCUT2D eigenvalue weighted by atomic mass is 15.0. The molecule has 0 amide bonds. The van der Waals surface area contributed by atoms with E-state index in [1.165, 1.54) is 11.1 Å². The fraction of sp³-hybridized carbons (Fsp3) is 0.240. The first-order valence-corrected chi connectivity index (χ1v) is 10.8. The molecule has 0 aliphatic heterocycles. The van der Waals surface area contributed by atoms with Gasteiger partial charge < -0.3 is 22.1 Å². The Morgan fingerprint density at radius 1 is 0.688 bits per heavy atom. The van der Waals surface area contributed by atoms with Crippen LogP contribution in [0.2, 0.25) is 0 Å². The van der Waals surface area contributed by atoms with E-state index in [4.69, 9.17) is 22.3 Å². The average molecular weight is 430 g/mol. The summed E-state index contributed by atoms with van der Waals surface area (Å²) in [5.41, 5.74) is 17.6. The normalized spacial score (nSPS) is 10.5. The van der Waals surface area contributed by atoms with Gasteiger partial charge in [0.05, 0.1) is 0 Å². The third-order valence-corrected chi connectivity index (χ3v) is 5.17. The van der Waals surface area contributed by atoms with Crippen molar-refractivity contribution in [2.24, 2.45) is 11.5 Å². The van der Waals surface area contributed by atoms with Gasteiger partial charge in [0.1, 0.15) is 0 Å². The van der Waals surface area contributed by atoms with Crippen LogP contribution >= 0.6 is 0 Å². The Morgan fingerprint density at radius 2 is 1.16 bits per heavy atom. The van der Waals surface area contributed by atoms with Crippen LogP contribution in [0.4, 0.5) is 0 Å². The van der Waals surface area contributed by atoms with Gasteiger partial charge in [0.15, 0.2) is 11.9 Å². The molecule has 32 heavy (non-hydrogen) atoms. The summed E-state index contributed by atoms with van der Waals surface area (Å²) >= 11 is 0. The zero-order chi connectivity index (χ0) is 22.8. The molecular weight excluding hydrogens is 398 g/mol. The molecule has 1 aromatic heterocycles. The van der Waals surface area contributed by atoms with E-state index >= 15 is 0 Å². The number of benzene rings is 2. The van der Waals surface area contributed by atoms with Gasteiger partial charge in [0.2, 0.25) is 0 Å². The van der Waals surface area contributed by atoms with Gasteiger partial charge in [0, 0.05) is 36.6 Å². The predicted molar refractivity (Wildman–Crippen MR) is 132 cm³/mol. The second-order valence-corrected chi connectivity index (χ2v) is 7.75. The molecule has 7 heteroatoms. The van der Waals surface area contributed by atoms with E-state index < -0.39 is 0 Å². The lowest BCUT2D eigenvalue weighted by atomic mass is 9.98. The molecule has 8 N–H and O–H groups in total. The van der Waals surface area contributed by atoms with Crippen molar-refractivity contribution in [1.82, 2.24) is 15.6 Å². The number of nitrogens with two attached hydrogens (primary N) is 2. The van der Waals surface area contributed by atoms with Crippen molar-refractivity contribution in [3.63, 3.8) is 0 Å². The number of rotatable bonds is 10. The molecule has 0 saturated carbocycles. The molecule has 0 unspecified atom stereocenters. The predicted octanol–water partition coefficient (Wildman–Crippen LogP) is 3.25. The van der Waals surface area contributed by atoms with Crippen molar-refractivity contribution in [3.8, 4) is 22.3 Å². The highest BCUT2D eigenvalue weighted by Crippen LogP contribution is 2.27. The molecule has 7 nitrogen and oxygen atoms in total. The summed E-state index contributed by atoms with van der Waals surface area (Å²) in [6, 6.07) is 19.2. The quantitative estimate of drug-likeness (QED) is 0.167. The lowest BCUT2D eigenvalue weighted by Gasteiger charge is -2.09. The smallest absolute Gasteiger partial charge is 0.185 e. The van der Waals surface area contributed by atoms with Gasteiger partial charge >= 0.3 is 0 Å². The molecule has 3 aromatic rings. The molecule has 2 aromatic carbocycles. The van der Waals surface area contributed by atoms with Crippen molar-refractivity contribution in [2.45, 2.75) is 25.7 Å². The minimum absolute atomic E-state index is 0.0124. The van der Waals surface area contributed by atoms with E-state index in [2.05, 4.69) is 70.2 Å². The van der Waals surface area contributed by atoms with E-state index in [-0.39, 0.29) is 11.9 Å². The van der Waals surface area contributed by atoms with Crippen LogP contribution in [0.15, 0.2) is 67.0 Å². The minimum atomic E-state index is 0.0124. The molecule has 0 spiro atoms. The van der Waals surface area contributed by atoms with Gasteiger partial charge in [0.25, 0.3) is 0 Å². The second-order valence-electron chi connectivity index (χ2n) is 7.75. The lowest BCUT2D eigenvalue weighted by Crippen LogP contribution is -2.31. The molecule has 1 heterocycles. The van der Waals surface area contributed by atoms with E-state index in [0.29, 0.717) is 13.1 Å². The maximum absolute atomic E-state index is 7.23. The zero-order valence-electron chi connectivity index (χ0n) is 18.2. The molecule has 0 saturated heterocycles. The Bertz CT molecular complexity index is 981. The number of nitrogens with zero attached hydrogens (tertiary/aromatic N) is 1. The van der Waals surface area contributed by atoms with Crippen LogP contribution in [0.25, 0.3) is 22.3 Å². The standard InChI is InChI=1S/C25H31N7/c26-24(27)31-11-3-7-18-5-1-9-20(13-18)22-15-23(17-30-16-22)21-10-2-6-19(14-21)8-4-12-32-25(28)29/h1-2,5-6,9-10,13-17H,3-4,7-8,11-12H2,(H4,26,27,31)(H4,28,29,32). The van der Waals surface area contributed by atoms with Gasteiger partial charge in [-0.25, -0.2) is 0 Å². The first-order valence-electron chi connectivity index (χ1n) is 10.8. The highest BCUT2D eigenvalue weighted by molar-refractivity contribution is 5.74. The third kappa shape index (κ3) is 7.12. The molecule has 0 fully saturated rings. The Hall–Kier alpha value is -3.87. The highest BCUT2D eigenvalue weighted by Gasteiger charge is 2.05. The number of aryl methyl sites for hydroxylation is 2. The van der Waals surface area contributed by atoms with E-state index in [1.54, 1.807) is 0 Å². The summed E-state index contributed by atoms with van der Waals surface area (Å²) in [6.45, 7) is 1.38. The topological polar surface area (TPSA) is 137 Å². The number of aromatic nitrogens is 1. The van der Waals surface area contributed by atoms with Crippen molar-refractivity contribution in [3.05, 3.63) is 78.1 Å². The van der Waals surface area contributed by atoms with Crippen LogP contribution in [0.1, 0.15) is 24.0 Å². The molecule has 0 radical (unpaired) electrons. The summed E-state index contributed by atoms with van der Waals surface area (Å²) in [4.78, 5) is 4.49. The van der Waals surface area contributed by atoms with E-state index in [9.17, 15) is 0 Å². The van der Waals surface area contributed by atoms with Gasteiger partial charge in [-0.3, -0.25) is 15.8 Å². The summed E-state index contributed by atoms with van der Waals surface area (Å²) < 4.78 is 0. The molecule has 0 aliphatic rings.